The van der Waals surface area contributed by atoms with E-state index in [9.17, 15) is 9.90 Å². The van der Waals surface area contributed by atoms with E-state index in [1.54, 1.807) is 17.1 Å². The zero-order valence-corrected chi connectivity index (χ0v) is 12.5. The molecule has 5 heteroatoms. The highest BCUT2D eigenvalue weighted by molar-refractivity contribution is 5.92. The minimum absolute atomic E-state index is 0.0723. The second kappa shape index (κ2) is 7.24. The number of rotatable bonds is 4. The van der Waals surface area contributed by atoms with Gasteiger partial charge in [-0.15, -0.1) is 0 Å². The minimum atomic E-state index is -0.244. The monoisotopic (exact) mass is 290 g/mol. The maximum Gasteiger partial charge on any atom is 0.247 e. The average molecular weight is 290 g/mol. The first kappa shape index (κ1) is 15.5. The molecule has 1 N–H and O–H groups in total. The molecule has 0 radical (unpaired) electrons. The number of ether oxygens (including phenoxy) is 1. The zero-order chi connectivity index (χ0) is 15.2. The predicted molar refractivity (Wildman–Crippen MR) is 83.2 cm³/mol. The molecule has 114 valence electrons. The van der Waals surface area contributed by atoms with Gasteiger partial charge >= 0.3 is 0 Å². The number of carbonyl (C=O) groups excluding carboxylic acids is 1. The van der Waals surface area contributed by atoms with Crippen LogP contribution in [-0.4, -0.2) is 62.4 Å². The highest BCUT2D eigenvalue weighted by atomic mass is 16.5. The molecule has 1 heterocycles. The smallest absolute Gasteiger partial charge is 0.247 e. The summed E-state index contributed by atoms with van der Waals surface area (Å²) in [5, 5.41) is 9.28. The number of morpholine rings is 1. The van der Waals surface area contributed by atoms with Gasteiger partial charge in [0.25, 0.3) is 0 Å². The van der Waals surface area contributed by atoms with Gasteiger partial charge in [-0.25, -0.2) is 0 Å². The van der Waals surface area contributed by atoms with Gasteiger partial charge < -0.3 is 19.6 Å². The van der Waals surface area contributed by atoms with Crippen LogP contribution in [0.5, 0.6) is 0 Å². The lowest BCUT2D eigenvalue weighted by atomic mass is 10.1. The number of nitrogens with zero attached hydrogens (tertiary/aromatic N) is 2. The molecule has 1 fully saturated rings. The van der Waals surface area contributed by atoms with Crippen LogP contribution in [0.4, 0.5) is 5.69 Å². The first-order valence-electron chi connectivity index (χ1n) is 7.06. The number of amides is 1. The molecule has 0 saturated carbocycles. The first-order valence-corrected chi connectivity index (χ1v) is 7.06. The molecule has 1 unspecified atom stereocenters. The van der Waals surface area contributed by atoms with Crippen molar-refractivity contribution in [3.63, 3.8) is 0 Å². The molecule has 0 spiro atoms. The lowest BCUT2D eigenvalue weighted by Crippen LogP contribution is -2.49. The molecule has 0 aromatic heterocycles. The SMILES string of the molecule is CN(C)c1ccc(/C=C/C(=O)N2CCOCC2CO)cc1. The second-order valence-corrected chi connectivity index (χ2v) is 5.26. The van der Waals surface area contributed by atoms with Crippen molar-refractivity contribution in [3.8, 4) is 0 Å². The van der Waals surface area contributed by atoms with Crippen molar-refractivity contribution in [2.24, 2.45) is 0 Å². The van der Waals surface area contributed by atoms with Crippen LogP contribution in [0, 0.1) is 0 Å². The largest absolute Gasteiger partial charge is 0.394 e. The van der Waals surface area contributed by atoms with Gasteiger partial charge in [-0.05, 0) is 23.8 Å². The Morgan fingerprint density at radius 2 is 2.14 bits per heavy atom. The molecule has 1 aliphatic heterocycles. The quantitative estimate of drug-likeness (QED) is 0.840. The molecular weight excluding hydrogens is 268 g/mol. The lowest BCUT2D eigenvalue weighted by Gasteiger charge is -2.33. The number of anilines is 1. The minimum Gasteiger partial charge on any atom is -0.394 e. The number of aliphatic hydroxyl groups excluding tert-OH is 1. The van der Waals surface area contributed by atoms with Gasteiger partial charge in [0.1, 0.15) is 0 Å². The maximum atomic E-state index is 12.2. The topological polar surface area (TPSA) is 53.0 Å². The third-order valence-corrected chi connectivity index (χ3v) is 3.55. The van der Waals surface area contributed by atoms with Crippen molar-refractivity contribution in [1.29, 1.82) is 0 Å². The lowest BCUT2D eigenvalue weighted by molar-refractivity contribution is -0.136. The molecule has 1 aromatic carbocycles. The summed E-state index contributed by atoms with van der Waals surface area (Å²) in [6.07, 6.45) is 3.35. The van der Waals surface area contributed by atoms with Gasteiger partial charge in [-0.1, -0.05) is 12.1 Å². The summed E-state index contributed by atoms with van der Waals surface area (Å²) >= 11 is 0. The molecule has 0 bridgehead atoms. The van der Waals surface area contributed by atoms with Crippen molar-refractivity contribution >= 4 is 17.7 Å². The number of hydrogen-bond donors (Lipinski definition) is 1. The number of hydrogen-bond acceptors (Lipinski definition) is 4. The summed E-state index contributed by atoms with van der Waals surface area (Å²) in [6, 6.07) is 7.72. The van der Waals surface area contributed by atoms with E-state index in [1.807, 2.05) is 43.3 Å². The Bertz CT molecular complexity index is 497. The van der Waals surface area contributed by atoms with E-state index in [0.29, 0.717) is 19.8 Å². The summed E-state index contributed by atoms with van der Waals surface area (Å²) in [5.74, 6) is -0.0889. The Labute approximate surface area is 125 Å². The van der Waals surface area contributed by atoms with Gasteiger partial charge in [-0.2, -0.15) is 0 Å². The zero-order valence-electron chi connectivity index (χ0n) is 12.5. The Morgan fingerprint density at radius 3 is 2.76 bits per heavy atom. The van der Waals surface area contributed by atoms with Crippen molar-refractivity contribution < 1.29 is 14.6 Å². The Balaban J connectivity index is 2.00. The van der Waals surface area contributed by atoms with E-state index < -0.39 is 0 Å². The van der Waals surface area contributed by atoms with Gasteiger partial charge in [0.15, 0.2) is 0 Å². The number of benzene rings is 1. The van der Waals surface area contributed by atoms with E-state index in [1.165, 1.54) is 0 Å². The van der Waals surface area contributed by atoms with E-state index in [4.69, 9.17) is 4.74 Å². The number of carbonyl (C=O) groups is 1. The van der Waals surface area contributed by atoms with E-state index in [-0.39, 0.29) is 18.6 Å². The van der Waals surface area contributed by atoms with Gasteiger partial charge in [0.2, 0.25) is 5.91 Å². The Morgan fingerprint density at radius 1 is 1.43 bits per heavy atom. The fraction of sp³-hybridized carbons (Fsp3) is 0.438. The highest BCUT2D eigenvalue weighted by Crippen LogP contribution is 2.14. The molecule has 1 aromatic rings. The molecule has 5 nitrogen and oxygen atoms in total. The van der Waals surface area contributed by atoms with E-state index in [0.717, 1.165) is 11.3 Å². The van der Waals surface area contributed by atoms with E-state index >= 15 is 0 Å². The second-order valence-electron chi connectivity index (χ2n) is 5.26. The van der Waals surface area contributed by atoms with E-state index in [2.05, 4.69) is 0 Å². The standard InChI is InChI=1S/C16H22N2O3/c1-17(2)14-6-3-13(4-7-14)5-8-16(20)18-9-10-21-12-15(18)11-19/h3-8,15,19H,9-12H2,1-2H3/b8-5+. The molecule has 2 rings (SSSR count). The van der Waals surface area contributed by atoms with Crippen molar-refractivity contribution in [2.45, 2.75) is 6.04 Å². The van der Waals surface area contributed by atoms with Crippen molar-refractivity contribution in [3.05, 3.63) is 35.9 Å². The fourth-order valence-electron chi connectivity index (χ4n) is 2.24. The van der Waals surface area contributed by atoms with Crippen LogP contribution in [0.25, 0.3) is 6.08 Å². The van der Waals surface area contributed by atoms with Crippen LogP contribution >= 0.6 is 0 Å². The molecule has 0 aliphatic carbocycles. The third-order valence-electron chi connectivity index (χ3n) is 3.55. The Hall–Kier alpha value is -1.85. The number of aliphatic hydroxyl groups is 1. The van der Waals surface area contributed by atoms with Crippen LogP contribution < -0.4 is 4.90 Å². The van der Waals surface area contributed by atoms with Gasteiger partial charge in [0, 0.05) is 32.4 Å². The van der Waals surface area contributed by atoms with Gasteiger partial charge in [0.05, 0.1) is 25.9 Å². The molecule has 1 saturated heterocycles. The molecule has 21 heavy (non-hydrogen) atoms. The van der Waals surface area contributed by atoms with Crippen LogP contribution in [0.2, 0.25) is 0 Å². The maximum absolute atomic E-state index is 12.2. The van der Waals surface area contributed by atoms with Gasteiger partial charge in [-0.3, -0.25) is 4.79 Å². The highest BCUT2D eigenvalue weighted by Gasteiger charge is 2.24. The summed E-state index contributed by atoms with van der Waals surface area (Å²) in [4.78, 5) is 15.9. The molecular formula is C16H22N2O3. The summed E-state index contributed by atoms with van der Waals surface area (Å²) in [7, 11) is 3.98. The Kier molecular flexibility index (Phi) is 5.36. The van der Waals surface area contributed by atoms with Crippen molar-refractivity contribution in [1.82, 2.24) is 4.90 Å². The summed E-state index contributed by atoms with van der Waals surface area (Å²) < 4.78 is 5.27. The fourth-order valence-corrected chi connectivity index (χ4v) is 2.24. The van der Waals surface area contributed by atoms with Crippen LogP contribution in [-0.2, 0) is 9.53 Å². The predicted octanol–water partition coefficient (Wildman–Crippen LogP) is 0.985. The van der Waals surface area contributed by atoms with Crippen LogP contribution in [0.3, 0.4) is 0 Å². The van der Waals surface area contributed by atoms with Crippen LogP contribution in [0.15, 0.2) is 30.3 Å². The first-order chi connectivity index (χ1) is 10.1. The normalized spacial score (nSPS) is 19.0. The average Bonchev–Trinajstić information content (AvgIpc) is 2.52. The van der Waals surface area contributed by atoms with Crippen molar-refractivity contribution in [2.75, 3.05) is 45.4 Å². The van der Waals surface area contributed by atoms with Crippen LogP contribution in [0.1, 0.15) is 5.56 Å². The molecule has 1 amide bonds. The molecule has 1 atom stereocenters. The third kappa shape index (κ3) is 4.06. The molecule has 1 aliphatic rings. The summed E-state index contributed by atoms with van der Waals surface area (Å²) in [6.45, 7) is 1.37. The summed E-state index contributed by atoms with van der Waals surface area (Å²) in [5.41, 5.74) is 2.09.